The summed E-state index contributed by atoms with van der Waals surface area (Å²) in [4.78, 5) is 12.2. The second-order valence-corrected chi connectivity index (χ2v) is 3.16. The first-order chi connectivity index (χ1) is 6.04. The molecule has 0 aliphatic carbocycles. The SMILES string of the molecule is CN1C=CC=CC1(O)CCC(N)=O. The maximum atomic E-state index is 10.5. The second kappa shape index (κ2) is 3.62. The third kappa shape index (κ3) is 2.32. The Morgan fingerprint density at radius 3 is 2.85 bits per heavy atom. The number of amides is 1. The summed E-state index contributed by atoms with van der Waals surface area (Å²) in [5, 5.41) is 9.97. The van der Waals surface area contributed by atoms with Crippen LogP contribution in [0, 0.1) is 0 Å². The molecule has 0 fully saturated rings. The fourth-order valence-electron chi connectivity index (χ4n) is 1.20. The molecule has 1 unspecified atom stereocenters. The molecule has 13 heavy (non-hydrogen) atoms. The maximum absolute atomic E-state index is 10.5. The van der Waals surface area contributed by atoms with Crippen LogP contribution in [0.1, 0.15) is 12.8 Å². The Labute approximate surface area is 77.3 Å². The van der Waals surface area contributed by atoms with Crippen molar-refractivity contribution in [2.45, 2.75) is 18.6 Å². The van der Waals surface area contributed by atoms with E-state index in [-0.39, 0.29) is 6.42 Å². The molecular formula is C9H14N2O2. The van der Waals surface area contributed by atoms with E-state index in [0.717, 1.165) is 0 Å². The lowest BCUT2D eigenvalue weighted by atomic mass is 10.0. The second-order valence-electron chi connectivity index (χ2n) is 3.16. The molecule has 1 aliphatic rings. The zero-order valence-electron chi connectivity index (χ0n) is 7.60. The monoisotopic (exact) mass is 182 g/mol. The number of rotatable bonds is 3. The van der Waals surface area contributed by atoms with Crippen LogP contribution >= 0.6 is 0 Å². The van der Waals surface area contributed by atoms with Gasteiger partial charge in [0.15, 0.2) is 5.72 Å². The van der Waals surface area contributed by atoms with E-state index in [9.17, 15) is 9.90 Å². The predicted molar refractivity (Wildman–Crippen MR) is 49.4 cm³/mol. The number of carbonyl (C=O) groups is 1. The number of carbonyl (C=O) groups excluding carboxylic acids is 1. The summed E-state index contributed by atoms with van der Waals surface area (Å²) in [6, 6.07) is 0. The first kappa shape index (κ1) is 9.80. The van der Waals surface area contributed by atoms with Crippen LogP contribution in [-0.4, -0.2) is 28.7 Å². The largest absolute Gasteiger partial charge is 0.370 e. The molecule has 4 nitrogen and oxygen atoms in total. The number of aliphatic hydroxyl groups is 1. The molecule has 1 amide bonds. The van der Waals surface area contributed by atoms with Crippen LogP contribution in [-0.2, 0) is 4.79 Å². The fraction of sp³-hybridized carbons (Fsp3) is 0.444. The predicted octanol–water partition coefficient (Wildman–Crippen LogP) is -0.0442. The van der Waals surface area contributed by atoms with Gasteiger partial charge >= 0.3 is 0 Å². The highest BCUT2D eigenvalue weighted by molar-refractivity contribution is 5.73. The third-order valence-electron chi connectivity index (χ3n) is 2.13. The average Bonchev–Trinajstić information content (AvgIpc) is 2.07. The maximum Gasteiger partial charge on any atom is 0.217 e. The molecule has 0 bridgehead atoms. The van der Waals surface area contributed by atoms with Crippen molar-refractivity contribution in [3.63, 3.8) is 0 Å². The van der Waals surface area contributed by atoms with Crippen molar-refractivity contribution in [1.29, 1.82) is 0 Å². The zero-order chi connectivity index (χ0) is 9.90. The first-order valence-electron chi connectivity index (χ1n) is 4.14. The van der Waals surface area contributed by atoms with Gasteiger partial charge in [0.1, 0.15) is 0 Å². The van der Waals surface area contributed by atoms with Crippen LogP contribution in [0.2, 0.25) is 0 Å². The van der Waals surface area contributed by atoms with Crippen LogP contribution in [0.5, 0.6) is 0 Å². The normalized spacial score (nSPS) is 26.5. The van der Waals surface area contributed by atoms with Gasteiger partial charge in [-0.2, -0.15) is 0 Å². The van der Waals surface area contributed by atoms with E-state index in [0.29, 0.717) is 6.42 Å². The molecule has 1 atom stereocenters. The summed E-state index contributed by atoms with van der Waals surface area (Å²) >= 11 is 0. The average molecular weight is 182 g/mol. The number of hydrogen-bond donors (Lipinski definition) is 2. The lowest BCUT2D eigenvalue weighted by Gasteiger charge is -2.35. The van der Waals surface area contributed by atoms with Gasteiger partial charge in [-0.1, -0.05) is 6.08 Å². The summed E-state index contributed by atoms with van der Waals surface area (Å²) in [5.74, 6) is -0.398. The van der Waals surface area contributed by atoms with Gasteiger partial charge in [-0.05, 0) is 12.2 Å². The highest BCUT2D eigenvalue weighted by Crippen LogP contribution is 2.21. The van der Waals surface area contributed by atoms with E-state index in [1.165, 1.54) is 0 Å². The molecule has 3 N–H and O–H groups in total. The Morgan fingerprint density at radius 1 is 1.62 bits per heavy atom. The number of nitrogens with zero attached hydrogens (tertiary/aromatic N) is 1. The lowest BCUT2D eigenvalue weighted by molar-refractivity contribution is -0.120. The first-order valence-corrected chi connectivity index (χ1v) is 4.14. The number of likely N-dealkylation sites (N-methyl/N-ethyl adjacent to an activating group) is 1. The van der Waals surface area contributed by atoms with Crippen molar-refractivity contribution in [3.05, 3.63) is 24.4 Å². The summed E-state index contributed by atoms with van der Waals surface area (Å²) in [7, 11) is 1.75. The zero-order valence-corrected chi connectivity index (χ0v) is 7.60. The molecule has 0 radical (unpaired) electrons. The minimum Gasteiger partial charge on any atom is -0.370 e. The third-order valence-corrected chi connectivity index (χ3v) is 2.13. The Bertz CT molecular complexity index is 260. The number of allylic oxidation sites excluding steroid dienone is 2. The van der Waals surface area contributed by atoms with Crippen LogP contribution in [0.15, 0.2) is 24.4 Å². The van der Waals surface area contributed by atoms with Gasteiger partial charge in [-0.3, -0.25) is 4.79 Å². The molecule has 1 aliphatic heterocycles. The molecule has 0 saturated carbocycles. The highest BCUT2D eigenvalue weighted by Gasteiger charge is 2.28. The number of nitrogens with two attached hydrogens (primary N) is 1. The van der Waals surface area contributed by atoms with Crippen molar-refractivity contribution < 1.29 is 9.90 Å². The molecule has 0 spiro atoms. The van der Waals surface area contributed by atoms with Gasteiger partial charge in [0, 0.05) is 26.1 Å². The molecule has 0 aromatic rings. The quantitative estimate of drug-likeness (QED) is 0.643. The van der Waals surface area contributed by atoms with Crippen LogP contribution in [0.25, 0.3) is 0 Å². The van der Waals surface area contributed by atoms with Crippen LogP contribution in [0.3, 0.4) is 0 Å². The standard InChI is InChI=1S/C9H14N2O2/c1-11-7-3-2-5-9(11,13)6-4-8(10)12/h2-3,5,7,13H,4,6H2,1H3,(H2,10,12). The van der Waals surface area contributed by atoms with Crippen LogP contribution in [0.4, 0.5) is 0 Å². The van der Waals surface area contributed by atoms with Crippen LogP contribution < -0.4 is 5.73 Å². The summed E-state index contributed by atoms with van der Waals surface area (Å²) in [5.41, 5.74) is 3.94. The molecule has 4 heteroatoms. The summed E-state index contributed by atoms with van der Waals surface area (Å²) in [6.45, 7) is 0. The highest BCUT2D eigenvalue weighted by atomic mass is 16.3. The summed E-state index contributed by atoms with van der Waals surface area (Å²) < 4.78 is 0. The van der Waals surface area contributed by atoms with Crippen molar-refractivity contribution in [3.8, 4) is 0 Å². The number of hydrogen-bond acceptors (Lipinski definition) is 3. The van der Waals surface area contributed by atoms with Crippen molar-refractivity contribution >= 4 is 5.91 Å². The van der Waals surface area contributed by atoms with E-state index in [1.54, 1.807) is 30.3 Å². The molecular weight excluding hydrogens is 168 g/mol. The minimum atomic E-state index is -1.07. The molecule has 0 aromatic carbocycles. The van der Waals surface area contributed by atoms with E-state index < -0.39 is 11.6 Å². The van der Waals surface area contributed by atoms with E-state index >= 15 is 0 Å². The van der Waals surface area contributed by atoms with E-state index in [2.05, 4.69) is 0 Å². The summed E-state index contributed by atoms with van der Waals surface area (Å²) in [6.07, 6.45) is 7.47. The van der Waals surface area contributed by atoms with Gasteiger partial charge in [-0.25, -0.2) is 0 Å². The molecule has 0 aromatic heterocycles. The van der Waals surface area contributed by atoms with Crippen molar-refractivity contribution in [2.24, 2.45) is 5.73 Å². The number of primary amides is 1. The van der Waals surface area contributed by atoms with E-state index in [4.69, 9.17) is 5.73 Å². The lowest BCUT2D eigenvalue weighted by Crippen LogP contribution is -2.43. The Morgan fingerprint density at radius 2 is 2.31 bits per heavy atom. The topological polar surface area (TPSA) is 66.6 Å². The molecule has 1 heterocycles. The fourth-order valence-corrected chi connectivity index (χ4v) is 1.20. The molecule has 0 saturated heterocycles. The Kier molecular flexibility index (Phi) is 2.72. The minimum absolute atomic E-state index is 0.180. The van der Waals surface area contributed by atoms with Gasteiger partial charge in [0.25, 0.3) is 0 Å². The van der Waals surface area contributed by atoms with E-state index in [1.807, 2.05) is 6.08 Å². The van der Waals surface area contributed by atoms with Gasteiger partial charge < -0.3 is 15.7 Å². The van der Waals surface area contributed by atoms with Crippen molar-refractivity contribution in [1.82, 2.24) is 4.90 Å². The molecule has 72 valence electrons. The van der Waals surface area contributed by atoms with Gasteiger partial charge in [-0.15, -0.1) is 0 Å². The smallest absolute Gasteiger partial charge is 0.217 e. The Hall–Kier alpha value is -1.29. The Balaban J connectivity index is 2.59. The van der Waals surface area contributed by atoms with Crippen molar-refractivity contribution in [2.75, 3.05) is 7.05 Å². The molecule has 1 rings (SSSR count). The van der Waals surface area contributed by atoms with Gasteiger partial charge in [0.05, 0.1) is 0 Å². The van der Waals surface area contributed by atoms with Gasteiger partial charge in [0.2, 0.25) is 5.91 Å².